The Hall–Kier alpha value is -2.59. The SMILES string of the molecule is Cc1ccc(C#CCC(=O)C=Cc2ccccc2)cc1. The average molecular weight is 260 g/mol. The van der Waals surface area contributed by atoms with Gasteiger partial charge in [-0.1, -0.05) is 65.9 Å². The molecule has 0 N–H and O–H groups in total. The number of benzene rings is 2. The maximum Gasteiger partial charge on any atom is 0.167 e. The summed E-state index contributed by atoms with van der Waals surface area (Å²) in [4.78, 5) is 11.7. The van der Waals surface area contributed by atoms with E-state index in [1.165, 1.54) is 5.56 Å². The van der Waals surface area contributed by atoms with E-state index in [0.29, 0.717) is 0 Å². The van der Waals surface area contributed by atoms with E-state index < -0.39 is 0 Å². The number of hydrogen-bond donors (Lipinski definition) is 0. The average Bonchev–Trinajstić information content (AvgIpc) is 2.48. The van der Waals surface area contributed by atoms with Crippen LogP contribution in [0.4, 0.5) is 0 Å². The van der Waals surface area contributed by atoms with Gasteiger partial charge in [-0.05, 0) is 30.7 Å². The largest absolute Gasteiger partial charge is 0.294 e. The molecular weight excluding hydrogens is 244 g/mol. The summed E-state index contributed by atoms with van der Waals surface area (Å²) in [5.41, 5.74) is 3.17. The molecule has 0 radical (unpaired) electrons. The lowest BCUT2D eigenvalue weighted by Gasteiger charge is -1.92. The Labute approximate surface area is 120 Å². The molecule has 0 amide bonds. The first kappa shape index (κ1) is 13.8. The van der Waals surface area contributed by atoms with Crippen molar-refractivity contribution in [2.45, 2.75) is 13.3 Å². The van der Waals surface area contributed by atoms with Gasteiger partial charge in [-0.2, -0.15) is 0 Å². The van der Waals surface area contributed by atoms with Crippen LogP contribution in [0.5, 0.6) is 0 Å². The molecule has 0 atom stereocenters. The number of hydrogen-bond acceptors (Lipinski definition) is 1. The van der Waals surface area contributed by atoms with Crippen LogP contribution in [0.2, 0.25) is 0 Å². The van der Waals surface area contributed by atoms with Gasteiger partial charge in [0.2, 0.25) is 0 Å². The first-order chi connectivity index (χ1) is 9.74. The number of ketones is 1. The molecule has 2 rings (SSSR count). The van der Waals surface area contributed by atoms with Crippen LogP contribution in [-0.2, 0) is 4.79 Å². The van der Waals surface area contributed by atoms with E-state index in [1.807, 2.05) is 67.6 Å². The molecule has 0 saturated heterocycles. The zero-order chi connectivity index (χ0) is 14.2. The summed E-state index contributed by atoms with van der Waals surface area (Å²) in [5, 5.41) is 0. The van der Waals surface area contributed by atoms with Crippen molar-refractivity contribution in [2.75, 3.05) is 0 Å². The zero-order valence-corrected chi connectivity index (χ0v) is 11.5. The highest BCUT2D eigenvalue weighted by Crippen LogP contribution is 2.02. The number of carbonyl (C=O) groups is 1. The van der Waals surface area contributed by atoms with E-state index in [9.17, 15) is 4.79 Å². The van der Waals surface area contributed by atoms with Crippen LogP contribution in [0.3, 0.4) is 0 Å². The molecule has 1 heteroatoms. The van der Waals surface area contributed by atoms with Crippen molar-refractivity contribution in [3.63, 3.8) is 0 Å². The molecule has 1 nitrogen and oxygen atoms in total. The minimum Gasteiger partial charge on any atom is -0.294 e. The molecule has 0 aromatic heterocycles. The Morgan fingerprint density at radius 1 is 1.05 bits per heavy atom. The van der Waals surface area contributed by atoms with Gasteiger partial charge in [0.1, 0.15) is 0 Å². The molecule has 0 aliphatic rings. The Kier molecular flexibility index (Phi) is 4.92. The van der Waals surface area contributed by atoms with Crippen LogP contribution in [0.15, 0.2) is 60.7 Å². The van der Waals surface area contributed by atoms with Crippen molar-refractivity contribution in [2.24, 2.45) is 0 Å². The highest BCUT2D eigenvalue weighted by atomic mass is 16.1. The van der Waals surface area contributed by atoms with Gasteiger partial charge in [0.05, 0.1) is 6.42 Å². The standard InChI is InChI=1S/C19H16O/c1-16-10-12-18(13-11-16)8-5-9-19(20)15-14-17-6-3-2-4-7-17/h2-4,6-7,10-15H,9H2,1H3. The van der Waals surface area contributed by atoms with E-state index >= 15 is 0 Å². The lowest BCUT2D eigenvalue weighted by molar-refractivity contribution is -0.113. The maximum atomic E-state index is 11.7. The van der Waals surface area contributed by atoms with Gasteiger partial charge >= 0.3 is 0 Å². The number of aryl methyl sites for hydroxylation is 1. The van der Waals surface area contributed by atoms with Crippen molar-refractivity contribution in [3.05, 3.63) is 77.4 Å². The Morgan fingerprint density at radius 3 is 2.45 bits per heavy atom. The van der Waals surface area contributed by atoms with Gasteiger partial charge in [-0.25, -0.2) is 0 Å². The quantitative estimate of drug-likeness (QED) is 0.601. The molecule has 0 heterocycles. The number of rotatable bonds is 3. The van der Waals surface area contributed by atoms with Crippen LogP contribution in [0.25, 0.3) is 6.08 Å². The lowest BCUT2D eigenvalue weighted by atomic mass is 10.1. The molecule has 0 spiro atoms. The van der Waals surface area contributed by atoms with Crippen LogP contribution in [-0.4, -0.2) is 5.78 Å². The topological polar surface area (TPSA) is 17.1 Å². The molecule has 2 aromatic rings. The normalized spacial score (nSPS) is 10.1. The first-order valence-corrected chi connectivity index (χ1v) is 6.55. The van der Waals surface area contributed by atoms with E-state index in [1.54, 1.807) is 6.08 Å². The molecule has 2 aromatic carbocycles. The molecule has 20 heavy (non-hydrogen) atoms. The lowest BCUT2D eigenvalue weighted by Crippen LogP contribution is -1.89. The third-order valence-corrected chi connectivity index (χ3v) is 2.81. The Bertz CT molecular complexity index is 652. The fourth-order valence-electron chi connectivity index (χ4n) is 1.68. The predicted molar refractivity (Wildman–Crippen MR) is 83.2 cm³/mol. The molecule has 0 saturated carbocycles. The van der Waals surface area contributed by atoms with Crippen LogP contribution < -0.4 is 0 Å². The van der Waals surface area contributed by atoms with Gasteiger partial charge in [-0.3, -0.25) is 4.79 Å². The molecule has 0 aliphatic heterocycles. The van der Waals surface area contributed by atoms with Crippen LogP contribution in [0.1, 0.15) is 23.1 Å². The second kappa shape index (κ2) is 7.11. The van der Waals surface area contributed by atoms with Gasteiger partial charge in [0.15, 0.2) is 5.78 Å². The van der Waals surface area contributed by atoms with Crippen molar-refractivity contribution in [1.82, 2.24) is 0 Å². The third-order valence-electron chi connectivity index (χ3n) is 2.81. The van der Waals surface area contributed by atoms with Gasteiger partial charge in [-0.15, -0.1) is 0 Å². The fourth-order valence-corrected chi connectivity index (χ4v) is 1.68. The molecule has 98 valence electrons. The molecule has 0 fully saturated rings. The minimum atomic E-state index is 0.0217. The summed E-state index contributed by atoms with van der Waals surface area (Å²) in [7, 11) is 0. The number of carbonyl (C=O) groups excluding carboxylic acids is 1. The maximum absolute atomic E-state index is 11.7. The minimum absolute atomic E-state index is 0.0217. The highest BCUT2D eigenvalue weighted by Gasteiger charge is 1.93. The fraction of sp³-hybridized carbons (Fsp3) is 0.105. The molecule has 0 bridgehead atoms. The summed E-state index contributed by atoms with van der Waals surface area (Å²) in [5.74, 6) is 5.92. The Morgan fingerprint density at radius 2 is 1.75 bits per heavy atom. The van der Waals surface area contributed by atoms with Gasteiger partial charge in [0.25, 0.3) is 0 Å². The van der Waals surface area contributed by atoms with Crippen molar-refractivity contribution in [3.8, 4) is 11.8 Å². The summed E-state index contributed by atoms with van der Waals surface area (Å²) < 4.78 is 0. The summed E-state index contributed by atoms with van der Waals surface area (Å²) in [6.45, 7) is 2.04. The molecule has 0 unspecified atom stereocenters. The van der Waals surface area contributed by atoms with Gasteiger partial charge in [0, 0.05) is 5.56 Å². The van der Waals surface area contributed by atoms with Crippen molar-refractivity contribution in [1.29, 1.82) is 0 Å². The van der Waals surface area contributed by atoms with E-state index in [0.717, 1.165) is 11.1 Å². The monoisotopic (exact) mass is 260 g/mol. The summed E-state index contributed by atoms with van der Waals surface area (Å²) in [6, 6.07) is 17.7. The molecular formula is C19H16O. The van der Waals surface area contributed by atoms with Crippen molar-refractivity contribution < 1.29 is 4.79 Å². The van der Waals surface area contributed by atoms with E-state index in [2.05, 4.69) is 11.8 Å². The molecule has 0 aliphatic carbocycles. The Balaban J connectivity index is 1.90. The van der Waals surface area contributed by atoms with E-state index in [4.69, 9.17) is 0 Å². The second-order valence-electron chi connectivity index (χ2n) is 4.55. The third kappa shape index (κ3) is 4.59. The van der Waals surface area contributed by atoms with E-state index in [-0.39, 0.29) is 12.2 Å². The van der Waals surface area contributed by atoms with Crippen molar-refractivity contribution >= 4 is 11.9 Å². The van der Waals surface area contributed by atoms with Gasteiger partial charge < -0.3 is 0 Å². The number of allylic oxidation sites excluding steroid dienone is 1. The smallest absolute Gasteiger partial charge is 0.167 e. The van der Waals surface area contributed by atoms with Crippen LogP contribution >= 0.6 is 0 Å². The zero-order valence-electron chi connectivity index (χ0n) is 11.5. The first-order valence-electron chi connectivity index (χ1n) is 6.55. The highest BCUT2D eigenvalue weighted by molar-refractivity contribution is 5.95. The second-order valence-corrected chi connectivity index (χ2v) is 4.55. The predicted octanol–water partition coefficient (Wildman–Crippen LogP) is 4.02. The summed E-state index contributed by atoms with van der Waals surface area (Å²) >= 11 is 0. The van der Waals surface area contributed by atoms with Crippen LogP contribution in [0, 0.1) is 18.8 Å². The summed E-state index contributed by atoms with van der Waals surface area (Å²) in [6.07, 6.45) is 3.65.